The molecule has 1 fully saturated rings. The van der Waals surface area contributed by atoms with Gasteiger partial charge < -0.3 is 4.74 Å². The molecule has 0 bridgehead atoms. The maximum Gasteiger partial charge on any atom is 0.0776 e. The third-order valence-electron chi connectivity index (χ3n) is 3.48. The Hall–Kier alpha value is -0.910. The Kier molecular flexibility index (Phi) is 5.16. The van der Waals surface area contributed by atoms with Gasteiger partial charge in [0, 0.05) is 19.3 Å². The minimum Gasteiger partial charge on any atom is -0.379 e. The Morgan fingerprint density at radius 2 is 2.06 bits per heavy atom. The molecule has 1 aliphatic rings. The molecule has 0 amide bonds. The van der Waals surface area contributed by atoms with Crippen molar-refractivity contribution in [3.8, 4) is 0 Å². The Labute approximate surface area is 109 Å². The fourth-order valence-electron chi connectivity index (χ4n) is 2.25. The highest BCUT2D eigenvalue weighted by atomic mass is 16.5. The molecule has 1 N–H and O–H groups in total. The first-order valence-electron chi connectivity index (χ1n) is 6.93. The smallest absolute Gasteiger partial charge is 0.0776 e. The molecule has 1 aromatic heterocycles. The van der Waals surface area contributed by atoms with E-state index < -0.39 is 0 Å². The molecule has 18 heavy (non-hydrogen) atoms. The summed E-state index contributed by atoms with van der Waals surface area (Å²) in [6.45, 7) is 8.75. The largest absolute Gasteiger partial charge is 0.379 e. The Balaban J connectivity index is 1.82. The number of hydrogen-bond donors (Lipinski definition) is 1. The van der Waals surface area contributed by atoms with Crippen molar-refractivity contribution in [2.24, 2.45) is 0 Å². The van der Waals surface area contributed by atoms with Crippen molar-refractivity contribution in [3.63, 3.8) is 0 Å². The van der Waals surface area contributed by atoms with E-state index in [1.54, 1.807) is 0 Å². The minimum absolute atomic E-state index is 0.530. The molecule has 1 aromatic rings. The minimum atomic E-state index is 0.530. The van der Waals surface area contributed by atoms with Crippen molar-refractivity contribution in [2.45, 2.75) is 39.3 Å². The zero-order chi connectivity index (χ0) is 12.8. The van der Waals surface area contributed by atoms with Crippen LogP contribution in [0.2, 0.25) is 0 Å². The van der Waals surface area contributed by atoms with Gasteiger partial charge in [0.05, 0.1) is 31.5 Å². The second-order valence-corrected chi connectivity index (χ2v) is 4.69. The Bertz CT molecular complexity index is 343. The third-order valence-corrected chi connectivity index (χ3v) is 3.48. The zero-order valence-electron chi connectivity index (χ0n) is 11.4. The monoisotopic (exact) mass is 252 g/mol. The lowest BCUT2D eigenvalue weighted by atomic mass is 10.2. The van der Waals surface area contributed by atoms with E-state index in [1.165, 1.54) is 0 Å². The van der Waals surface area contributed by atoms with Crippen molar-refractivity contribution in [2.75, 3.05) is 26.3 Å². The molecular weight excluding hydrogens is 228 g/mol. The predicted octanol–water partition coefficient (Wildman–Crippen LogP) is 1.58. The molecule has 1 saturated heterocycles. The van der Waals surface area contributed by atoms with E-state index in [0.29, 0.717) is 6.04 Å². The van der Waals surface area contributed by atoms with Gasteiger partial charge in [0.25, 0.3) is 0 Å². The van der Waals surface area contributed by atoms with Gasteiger partial charge in [-0.1, -0.05) is 13.8 Å². The van der Waals surface area contributed by atoms with Crippen molar-refractivity contribution >= 4 is 0 Å². The summed E-state index contributed by atoms with van der Waals surface area (Å²) in [6, 6.07) is 2.63. The number of hydrogen-bond acceptors (Lipinski definition) is 4. The highest BCUT2D eigenvalue weighted by Crippen LogP contribution is 2.14. The highest BCUT2D eigenvalue weighted by Gasteiger charge is 2.11. The van der Waals surface area contributed by atoms with Gasteiger partial charge in [-0.15, -0.1) is 0 Å². The summed E-state index contributed by atoms with van der Waals surface area (Å²) in [5.41, 5.74) is 4.51. The lowest BCUT2D eigenvalue weighted by molar-refractivity contribution is 0.0103. The first kappa shape index (κ1) is 13.5. The summed E-state index contributed by atoms with van der Waals surface area (Å²) >= 11 is 0. The fraction of sp³-hybridized carbons (Fsp3) is 0.769. The molecule has 5 nitrogen and oxygen atoms in total. The molecule has 102 valence electrons. The Morgan fingerprint density at radius 1 is 1.33 bits per heavy atom. The third kappa shape index (κ3) is 3.54. The second-order valence-electron chi connectivity index (χ2n) is 4.69. The maximum absolute atomic E-state index is 5.32. The van der Waals surface area contributed by atoms with E-state index in [1.807, 2.05) is 0 Å². The van der Waals surface area contributed by atoms with Crippen LogP contribution in [-0.2, 0) is 11.3 Å². The highest BCUT2D eigenvalue weighted by molar-refractivity contribution is 4.99. The zero-order valence-corrected chi connectivity index (χ0v) is 11.4. The van der Waals surface area contributed by atoms with Gasteiger partial charge in [0.2, 0.25) is 0 Å². The van der Waals surface area contributed by atoms with E-state index in [2.05, 4.69) is 46.3 Å². The lowest BCUT2D eigenvalue weighted by Gasteiger charge is -2.26. The number of aromatic nitrogens is 2. The average Bonchev–Trinajstić information content (AvgIpc) is 2.88. The van der Waals surface area contributed by atoms with E-state index in [0.717, 1.165) is 51.4 Å². The summed E-state index contributed by atoms with van der Waals surface area (Å²) in [5, 5.41) is 6.84. The van der Waals surface area contributed by atoms with Crippen LogP contribution >= 0.6 is 0 Å². The first-order chi connectivity index (χ1) is 8.83. The molecule has 2 rings (SSSR count). The molecule has 0 unspecified atom stereocenters. The van der Waals surface area contributed by atoms with Gasteiger partial charge >= 0.3 is 0 Å². The van der Waals surface area contributed by atoms with Crippen LogP contribution in [0.4, 0.5) is 0 Å². The molecule has 0 atom stereocenters. The molecule has 0 spiro atoms. The number of rotatable bonds is 6. The predicted molar refractivity (Wildman–Crippen MR) is 71.1 cm³/mol. The van der Waals surface area contributed by atoms with E-state index >= 15 is 0 Å². The van der Waals surface area contributed by atoms with E-state index in [-0.39, 0.29) is 0 Å². The number of morpholine rings is 1. The van der Waals surface area contributed by atoms with Crippen molar-refractivity contribution in [1.29, 1.82) is 0 Å². The fourth-order valence-corrected chi connectivity index (χ4v) is 2.25. The topological polar surface area (TPSA) is 42.3 Å². The second kappa shape index (κ2) is 6.87. The van der Waals surface area contributed by atoms with Gasteiger partial charge in [-0.3, -0.25) is 4.68 Å². The summed E-state index contributed by atoms with van der Waals surface area (Å²) in [4.78, 5) is 0. The molecule has 0 saturated carbocycles. The van der Waals surface area contributed by atoms with Crippen LogP contribution in [0.5, 0.6) is 0 Å². The van der Waals surface area contributed by atoms with Gasteiger partial charge in [-0.05, 0) is 18.9 Å². The van der Waals surface area contributed by atoms with Gasteiger partial charge in [0.1, 0.15) is 0 Å². The van der Waals surface area contributed by atoms with Crippen LogP contribution in [-0.4, -0.2) is 41.1 Å². The van der Waals surface area contributed by atoms with Crippen molar-refractivity contribution in [1.82, 2.24) is 20.2 Å². The van der Waals surface area contributed by atoms with E-state index in [4.69, 9.17) is 4.74 Å². The van der Waals surface area contributed by atoms with Crippen LogP contribution in [0.15, 0.2) is 12.3 Å². The number of hydrazine groups is 1. The van der Waals surface area contributed by atoms with E-state index in [9.17, 15) is 0 Å². The average molecular weight is 252 g/mol. The van der Waals surface area contributed by atoms with Crippen molar-refractivity contribution < 1.29 is 4.74 Å². The Morgan fingerprint density at radius 3 is 2.72 bits per heavy atom. The molecule has 1 aliphatic heterocycles. The molecule has 0 radical (unpaired) electrons. The van der Waals surface area contributed by atoms with Gasteiger partial charge in [-0.25, -0.2) is 10.4 Å². The van der Waals surface area contributed by atoms with Crippen LogP contribution in [0.25, 0.3) is 0 Å². The summed E-state index contributed by atoms with van der Waals surface area (Å²) in [5.74, 6) is 0. The maximum atomic E-state index is 5.32. The molecular formula is C13H24N4O. The van der Waals surface area contributed by atoms with Gasteiger partial charge in [-0.2, -0.15) is 5.10 Å². The number of nitrogens with one attached hydrogen (secondary N) is 1. The first-order valence-corrected chi connectivity index (χ1v) is 6.93. The molecule has 2 heterocycles. The molecule has 0 aromatic carbocycles. The van der Waals surface area contributed by atoms with Crippen LogP contribution in [0.3, 0.4) is 0 Å². The standard InChI is InChI=1S/C13H24N4O/c1-3-13(4-2)17-6-5-12(15-17)11-14-16-7-9-18-10-8-16/h5-6,13-14H,3-4,7-11H2,1-2H3. The van der Waals surface area contributed by atoms with Crippen molar-refractivity contribution in [3.05, 3.63) is 18.0 Å². The normalized spacial score (nSPS) is 17.5. The lowest BCUT2D eigenvalue weighted by Crippen LogP contribution is -2.45. The van der Waals surface area contributed by atoms with Crippen LogP contribution in [0, 0.1) is 0 Å². The van der Waals surface area contributed by atoms with Gasteiger partial charge in [0.15, 0.2) is 0 Å². The summed E-state index contributed by atoms with van der Waals surface area (Å²) < 4.78 is 7.41. The van der Waals surface area contributed by atoms with Crippen LogP contribution in [0.1, 0.15) is 38.4 Å². The van der Waals surface area contributed by atoms with Crippen LogP contribution < -0.4 is 5.43 Å². The SMILES string of the molecule is CCC(CC)n1ccc(CNN2CCOCC2)n1. The molecule has 0 aliphatic carbocycles. The summed E-state index contributed by atoms with van der Waals surface area (Å²) in [7, 11) is 0. The molecule has 5 heteroatoms. The quantitative estimate of drug-likeness (QED) is 0.834. The summed E-state index contributed by atoms with van der Waals surface area (Å²) in [6.07, 6.45) is 4.36. The number of nitrogens with zero attached hydrogens (tertiary/aromatic N) is 3. The number of ether oxygens (including phenoxy) is 1.